The molecule has 0 aromatic rings. The van der Waals surface area contributed by atoms with Crippen LogP contribution in [0.1, 0.15) is 130 Å². The lowest BCUT2D eigenvalue weighted by atomic mass is 9.95. The van der Waals surface area contributed by atoms with Gasteiger partial charge >= 0.3 is 5.97 Å². The highest BCUT2D eigenvalue weighted by molar-refractivity contribution is 5.72. The van der Waals surface area contributed by atoms with Crippen molar-refractivity contribution in [2.45, 2.75) is 137 Å². The van der Waals surface area contributed by atoms with Gasteiger partial charge in [0.05, 0.1) is 12.5 Å². The molecule has 0 aliphatic rings. The largest absolute Gasteiger partial charge is 0.463 e. The van der Waals surface area contributed by atoms with Crippen molar-refractivity contribution in [2.75, 3.05) is 19.8 Å². The highest BCUT2D eigenvalue weighted by Gasteiger charge is 2.19. The van der Waals surface area contributed by atoms with Gasteiger partial charge in [-0.25, -0.2) is 0 Å². The Labute approximate surface area is 193 Å². The Kier molecular flexibility index (Phi) is 22.1. The fourth-order valence-corrected chi connectivity index (χ4v) is 4.04. The van der Waals surface area contributed by atoms with Crippen LogP contribution in [0.25, 0.3) is 0 Å². The number of ether oxygens (including phenoxy) is 2. The predicted octanol–water partition coefficient (Wildman–Crippen LogP) is 7.46. The first kappa shape index (κ1) is 30.4. The molecule has 0 fully saturated rings. The zero-order chi connectivity index (χ0) is 23.2. The van der Waals surface area contributed by atoms with E-state index in [0.29, 0.717) is 12.5 Å². The SMILES string of the molecule is CCCCCCCCC(CCCCCC)COCC(O)COC(=O)C(CC)CCCC. The lowest BCUT2D eigenvalue weighted by Crippen LogP contribution is -2.27. The van der Waals surface area contributed by atoms with E-state index in [0.717, 1.165) is 25.7 Å². The molecule has 0 saturated carbocycles. The molecule has 3 unspecified atom stereocenters. The maximum absolute atomic E-state index is 12.2. The molecule has 0 radical (unpaired) electrons. The summed E-state index contributed by atoms with van der Waals surface area (Å²) in [6.07, 6.45) is 18.6. The van der Waals surface area contributed by atoms with E-state index in [4.69, 9.17) is 9.47 Å². The molecule has 0 aromatic carbocycles. The van der Waals surface area contributed by atoms with Crippen LogP contribution in [0, 0.1) is 11.8 Å². The molecule has 0 bridgehead atoms. The number of carbonyl (C=O) groups is 1. The van der Waals surface area contributed by atoms with Crippen LogP contribution in [0.5, 0.6) is 0 Å². The van der Waals surface area contributed by atoms with E-state index in [1.54, 1.807) is 0 Å². The number of hydrogen-bond donors (Lipinski definition) is 1. The minimum Gasteiger partial charge on any atom is -0.463 e. The van der Waals surface area contributed by atoms with E-state index in [1.165, 1.54) is 77.0 Å². The Bertz CT molecular complexity index is 385. The molecule has 3 atom stereocenters. The second kappa shape index (κ2) is 22.6. The van der Waals surface area contributed by atoms with Crippen molar-refractivity contribution in [3.63, 3.8) is 0 Å². The normalized spacial score (nSPS) is 14.4. The second-order valence-electron chi connectivity index (χ2n) is 9.34. The molecule has 0 heterocycles. The van der Waals surface area contributed by atoms with Crippen LogP contribution >= 0.6 is 0 Å². The van der Waals surface area contributed by atoms with Gasteiger partial charge < -0.3 is 14.6 Å². The number of aliphatic hydroxyl groups excluding tert-OH is 1. The summed E-state index contributed by atoms with van der Waals surface area (Å²) >= 11 is 0. The highest BCUT2D eigenvalue weighted by Crippen LogP contribution is 2.20. The molecular formula is C27H54O4. The molecule has 0 aliphatic carbocycles. The quantitative estimate of drug-likeness (QED) is 0.132. The van der Waals surface area contributed by atoms with E-state index in [-0.39, 0.29) is 25.1 Å². The van der Waals surface area contributed by atoms with Gasteiger partial charge in [0.2, 0.25) is 0 Å². The minimum atomic E-state index is -0.734. The Morgan fingerprint density at radius 1 is 0.677 bits per heavy atom. The third kappa shape index (κ3) is 18.6. The van der Waals surface area contributed by atoms with Crippen molar-refractivity contribution in [3.05, 3.63) is 0 Å². The number of aliphatic hydroxyl groups is 1. The van der Waals surface area contributed by atoms with Gasteiger partial charge in [0.15, 0.2) is 0 Å². The maximum atomic E-state index is 12.2. The van der Waals surface area contributed by atoms with E-state index in [2.05, 4.69) is 20.8 Å². The topological polar surface area (TPSA) is 55.8 Å². The first-order valence-electron chi connectivity index (χ1n) is 13.5. The summed E-state index contributed by atoms with van der Waals surface area (Å²) in [6, 6.07) is 0. The van der Waals surface area contributed by atoms with Gasteiger partial charge in [-0.2, -0.15) is 0 Å². The van der Waals surface area contributed by atoms with E-state index in [9.17, 15) is 9.90 Å². The van der Waals surface area contributed by atoms with Crippen LogP contribution in [0.3, 0.4) is 0 Å². The van der Waals surface area contributed by atoms with Crippen LogP contribution in [0.15, 0.2) is 0 Å². The standard InChI is InChI=1S/C27H54O4/c1-5-9-12-14-15-17-19-24(18-16-13-10-6-2)21-30-22-26(28)23-31-27(29)25(8-4)20-11-7-3/h24-26,28H,5-23H2,1-4H3. The zero-order valence-electron chi connectivity index (χ0n) is 21.3. The van der Waals surface area contributed by atoms with E-state index in [1.807, 2.05) is 6.92 Å². The fraction of sp³-hybridized carbons (Fsp3) is 0.963. The van der Waals surface area contributed by atoms with Crippen LogP contribution in [0.4, 0.5) is 0 Å². The first-order valence-corrected chi connectivity index (χ1v) is 13.5. The molecule has 31 heavy (non-hydrogen) atoms. The van der Waals surface area contributed by atoms with Crippen molar-refractivity contribution in [1.29, 1.82) is 0 Å². The molecule has 0 rings (SSSR count). The molecule has 0 aromatic heterocycles. The van der Waals surface area contributed by atoms with Gasteiger partial charge in [0.25, 0.3) is 0 Å². The Morgan fingerprint density at radius 2 is 1.23 bits per heavy atom. The van der Waals surface area contributed by atoms with Gasteiger partial charge in [-0.3, -0.25) is 4.79 Å². The molecular weight excluding hydrogens is 388 g/mol. The lowest BCUT2D eigenvalue weighted by molar-refractivity contribution is -0.153. The molecule has 0 saturated heterocycles. The van der Waals surface area contributed by atoms with Crippen LogP contribution in [-0.2, 0) is 14.3 Å². The minimum absolute atomic E-state index is 0.0417. The number of carbonyl (C=O) groups excluding carboxylic acids is 1. The summed E-state index contributed by atoms with van der Waals surface area (Å²) in [4.78, 5) is 12.2. The van der Waals surface area contributed by atoms with E-state index >= 15 is 0 Å². The summed E-state index contributed by atoms with van der Waals surface area (Å²) in [7, 11) is 0. The summed E-state index contributed by atoms with van der Waals surface area (Å²) in [5.41, 5.74) is 0. The van der Waals surface area contributed by atoms with Gasteiger partial charge in [-0.05, 0) is 31.6 Å². The van der Waals surface area contributed by atoms with Crippen molar-refractivity contribution in [3.8, 4) is 0 Å². The Hall–Kier alpha value is -0.610. The van der Waals surface area contributed by atoms with Crippen molar-refractivity contribution < 1.29 is 19.4 Å². The summed E-state index contributed by atoms with van der Waals surface area (Å²) < 4.78 is 11.2. The Balaban J connectivity index is 4.14. The monoisotopic (exact) mass is 442 g/mol. The second-order valence-corrected chi connectivity index (χ2v) is 9.34. The number of esters is 1. The summed E-state index contributed by atoms with van der Waals surface area (Å²) in [5, 5.41) is 10.2. The van der Waals surface area contributed by atoms with Gasteiger partial charge in [-0.15, -0.1) is 0 Å². The lowest BCUT2D eigenvalue weighted by Gasteiger charge is -2.19. The van der Waals surface area contributed by atoms with Crippen LogP contribution < -0.4 is 0 Å². The Morgan fingerprint density at radius 3 is 1.81 bits per heavy atom. The van der Waals surface area contributed by atoms with Gasteiger partial charge in [-0.1, -0.05) is 105 Å². The summed E-state index contributed by atoms with van der Waals surface area (Å²) in [5.74, 6) is 0.362. The molecule has 4 nitrogen and oxygen atoms in total. The molecule has 0 amide bonds. The van der Waals surface area contributed by atoms with Gasteiger partial charge in [0.1, 0.15) is 12.7 Å². The highest BCUT2D eigenvalue weighted by atomic mass is 16.5. The first-order chi connectivity index (χ1) is 15.1. The number of rotatable bonds is 23. The van der Waals surface area contributed by atoms with Crippen LogP contribution in [-0.4, -0.2) is 37.0 Å². The average molecular weight is 443 g/mol. The average Bonchev–Trinajstić information content (AvgIpc) is 2.77. The number of unbranched alkanes of at least 4 members (excludes halogenated alkanes) is 9. The van der Waals surface area contributed by atoms with Crippen molar-refractivity contribution in [1.82, 2.24) is 0 Å². The number of hydrogen-bond acceptors (Lipinski definition) is 4. The third-order valence-corrected chi connectivity index (χ3v) is 6.25. The summed E-state index contributed by atoms with van der Waals surface area (Å²) in [6.45, 7) is 9.65. The molecule has 0 spiro atoms. The van der Waals surface area contributed by atoms with E-state index < -0.39 is 6.10 Å². The molecule has 0 aliphatic heterocycles. The third-order valence-electron chi connectivity index (χ3n) is 6.25. The molecule has 1 N–H and O–H groups in total. The van der Waals surface area contributed by atoms with Gasteiger partial charge in [0, 0.05) is 6.61 Å². The van der Waals surface area contributed by atoms with Crippen molar-refractivity contribution in [2.24, 2.45) is 11.8 Å². The zero-order valence-corrected chi connectivity index (χ0v) is 21.3. The fourth-order valence-electron chi connectivity index (χ4n) is 4.04. The van der Waals surface area contributed by atoms with Crippen LogP contribution in [0.2, 0.25) is 0 Å². The molecule has 4 heteroatoms. The molecule has 186 valence electrons. The van der Waals surface area contributed by atoms with Crippen molar-refractivity contribution >= 4 is 5.97 Å². The maximum Gasteiger partial charge on any atom is 0.309 e. The predicted molar refractivity (Wildman–Crippen MR) is 131 cm³/mol. The smallest absolute Gasteiger partial charge is 0.309 e.